The Balaban J connectivity index is 1.40. The Morgan fingerprint density at radius 3 is 2.28 bits per heavy atom. The van der Waals surface area contributed by atoms with Crippen molar-refractivity contribution >= 4 is 0 Å². The largest absolute Gasteiger partial charge is 0.393 e. The first-order chi connectivity index (χ1) is 14.0. The van der Waals surface area contributed by atoms with Crippen LogP contribution in [0.2, 0.25) is 0 Å². The minimum absolute atomic E-state index is 0.0228. The molecule has 8 unspecified atom stereocenters. The molecule has 0 aromatic rings. The molecule has 164 valence electrons. The summed E-state index contributed by atoms with van der Waals surface area (Å²) in [6, 6.07) is 0.434. The van der Waals surface area contributed by atoms with Gasteiger partial charge < -0.3 is 10.8 Å². The normalized spacial score (nSPS) is 47.6. The van der Waals surface area contributed by atoms with Crippen molar-refractivity contribution in [2.75, 3.05) is 0 Å². The van der Waals surface area contributed by atoms with Crippen molar-refractivity contribution in [1.29, 1.82) is 0 Å². The minimum atomic E-state index is -0.0228. The third-order valence-electron chi connectivity index (χ3n) is 10.4. The van der Waals surface area contributed by atoms with Gasteiger partial charge >= 0.3 is 0 Å². The molecular formula is C27H45NO. The van der Waals surface area contributed by atoms with E-state index in [0.29, 0.717) is 17.4 Å². The number of fused-ring (bicyclic) bond motifs is 2. The van der Waals surface area contributed by atoms with Crippen molar-refractivity contribution in [3.05, 3.63) is 11.1 Å². The van der Waals surface area contributed by atoms with Gasteiger partial charge in [-0.1, -0.05) is 50.7 Å². The molecule has 2 nitrogen and oxygen atoms in total. The maximum Gasteiger partial charge on any atom is 0.0571 e. The summed E-state index contributed by atoms with van der Waals surface area (Å²) < 4.78 is 0. The van der Waals surface area contributed by atoms with Crippen LogP contribution in [0.15, 0.2) is 11.1 Å². The minimum Gasteiger partial charge on any atom is -0.393 e. The summed E-state index contributed by atoms with van der Waals surface area (Å²) in [7, 11) is 0. The van der Waals surface area contributed by atoms with Gasteiger partial charge in [-0.2, -0.15) is 0 Å². The molecule has 3 fully saturated rings. The zero-order chi connectivity index (χ0) is 20.2. The Morgan fingerprint density at radius 2 is 1.52 bits per heavy atom. The van der Waals surface area contributed by atoms with E-state index >= 15 is 0 Å². The Labute approximate surface area is 179 Å². The van der Waals surface area contributed by atoms with Gasteiger partial charge in [0.15, 0.2) is 0 Å². The molecule has 0 saturated heterocycles. The van der Waals surface area contributed by atoms with Crippen molar-refractivity contribution in [3.63, 3.8) is 0 Å². The van der Waals surface area contributed by atoms with E-state index in [-0.39, 0.29) is 6.10 Å². The van der Waals surface area contributed by atoms with Crippen molar-refractivity contribution < 1.29 is 5.11 Å². The van der Waals surface area contributed by atoms with Crippen LogP contribution < -0.4 is 5.73 Å². The summed E-state index contributed by atoms with van der Waals surface area (Å²) in [5, 5.41) is 10.7. The van der Waals surface area contributed by atoms with Crippen LogP contribution in [-0.2, 0) is 0 Å². The maximum atomic E-state index is 10.7. The summed E-state index contributed by atoms with van der Waals surface area (Å²) in [5.74, 6) is 4.53. The SMILES string of the molecule is CC1(C)C2=C(CCCC2C2CCCCC2N)C2CCC(C3CCCCC3O)CC21. The molecule has 0 amide bonds. The molecule has 0 radical (unpaired) electrons. The van der Waals surface area contributed by atoms with Gasteiger partial charge in [-0.15, -0.1) is 0 Å². The standard InChI is InChI=1S/C27H45NO/c1-27(2)23-16-17(18-8-4-6-13-25(18)29)14-15-19(23)21-10-7-11-22(26(21)27)20-9-3-5-12-24(20)28/h17-20,22-25,29H,3-16,28H2,1-2H3. The molecule has 0 aromatic carbocycles. The average Bonchev–Trinajstić information content (AvgIpc) is 2.96. The quantitative estimate of drug-likeness (QED) is 0.541. The molecule has 0 bridgehead atoms. The predicted molar refractivity (Wildman–Crippen MR) is 120 cm³/mol. The fourth-order valence-electron chi connectivity index (χ4n) is 9.12. The van der Waals surface area contributed by atoms with Crippen LogP contribution in [0.3, 0.4) is 0 Å². The van der Waals surface area contributed by atoms with E-state index in [1.54, 1.807) is 0 Å². The molecule has 0 aromatic heterocycles. The second kappa shape index (κ2) is 7.97. The zero-order valence-electron chi connectivity index (χ0n) is 19.0. The van der Waals surface area contributed by atoms with Gasteiger partial charge in [0.25, 0.3) is 0 Å². The third kappa shape index (κ3) is 3.45. The Hall–Kier alpha value is -0.340. The van der Waals surface area contributed by atoms with E-state index in [1.165, 1.54) is 83.5 Å². The molecule has 3 saturated carbocycles. The highest BCUT2D eigenvalue weighted by molar-refractivity contribution is 5.37. The number of rotatable bonds is 2. The smallest absolute Gasteiger partial charge is 0.0571 e. The molecule has 29 heavy (non-hydrogen) atoms. The van der Waals surface area contributed by atoms with Crippen LogP contribution in [-0.4, -0.2) is 17.3 Å². The van der Waals surface area contributed by atoms with E-state index in [0.717, 1.165) is 36.0 Å². The highest BCUT2D eigenvalue weighted by Gasteiger charge is 2.54. The fraction of sp³-hybridized carbons (Fsp3) is 0.926. The first kappa shape index (κ1) is 20.6. The van der Waals surface area contributed by atoms with Crippen molar-refractivity contribution in [2.24, 2.45) is 46.7 Å². The molecule has 3 N–H and O–H groups in total. The molecular weight excluding hydrogens is 354 g/mol. The van der Waals surface area contributed by atoms with E-state index < -0.39 is 0 Å². The molecule has 8 atom stereocenters. The summed E-state index contributed by atoms with van der Waals surface area (Å²) in [5.41, 5.74) is 10.9. The molecule has 5 aliphatic carbocycles. The van der Waals surface area contributed by atoms with Crippen LogP contribution in [0.5, 0.6) is 0 Å². The van der Waals surface area contributed by atoms with Gasteiger partial charge in [0.1, 0.15) is 0 Å². The zero-order valence-corrected chi connectivity index (χ0v) is 19.0. The number of hydrogen-bond acceptors (Lipinski definition) is 2. The molecule has 5 aliphatic rings. The molecule has 2 heteroatoms. The van der Waals surface area contributed by atoms with E-state index in [9.17, 15) is 5.11 Å². The van der Waals surface area contributed by atoms with E-state index in [2.05, 4.69) is 13.8 Å². The lowest BCUT2D eigenvalue weighted by molar-refractivity contribution is 0.00133. The third-order valence-corrected chi connectivity index (χ3v) is 10.4. The Bertz CT molecular complexity index is 636. The van der Waals surface area contributed by atoms with Gasteiger partial charge in [0.05, 0.1) is 6.10 Å². The predicted octanol–water partition coefficient (Wildman–Crippen LogP) is 6.22. The maximum absolute atomic E-state index is 10.7. The number of hydrogen-bond donors (Lipinski definition) is 2. The van der Waals surface area contributed by atoms with E-state index in [1.807, 2.05) is 11.1 Å². The summed E-state index contributed by atoms with van der Waals surface area (Å²) >= 11 is 0. The van der Waals surface area contributed by atoms with Gasteiger partial charge in [-0.25, -0.2) is 0 Å². The lowest BCUT2D eigenvalue weighted by Gasteiger charge is -2.46. The Morgan fingerprint density at radius 1 is 0.793 bits per heavy atom. The number of nitrogens with two attached hydrogens (primary N) is 1. The summed E-state index contributed by atoms with van der Waals surface area (Å²) in [6.07, 6.45) is 18.5. The Kier molecular flexibility index (Phi) is 5.65. The first-order valence-electron chi connectivity index (χ1n) is 13.2. The van der Waals surface area contributed by atoms with Crippen molar-refractivity contribution in [2.45, 2.75) is 116 Å². The average molecular weight is 400 g/mol. The number of aliphatic hydroxyl groups is 1. The molecule has 5 rings (SSSR count). The number of allylic oxidation sites excluding steroid dienone is 2. The molecule has 0 spiro atoms. The van der Waals surface area contributed by atoms with Gasteiger partial charge in [-0.3, -0.25) is 0 Å². The van der Waals surface area contributed by atoms with Gasteiger partial charge in [-0.05, 0) is 105 Å². The highest BCUT2D eigenvalue weighted by atomic mass is 16.3. The lowest BCUT2D eigenvalue weighted by Crippen LogP contribution is -2.42. The highest BCUT2D eigenvalue weighted by Crippen LogP contribution is 2.64. The van der Waals surface area contributed by atoms with Crippen molar-refractivity contribution in [1.82, 2.24) is 0 Å². The van der Waals surface area contributed by atoms with Crippen LogP contribution in [0.4, 0.5) is 0 Å². The van der Waals surface area contributed by atoms with Crippen LogP contribution in [0.25, 0.3) is 0 Å². The van der Waals surface area contributed by atoms with Gasteiger partial charge in [0, 0.05) is 6.04 Å². The van der Waals surface area contributed by atoms with Crippen LogP contribution >= 0.6 is 0 Å². The molecule has 0 aliphatic heterocycles. The second-order valence-corrected chi connectivity index (χ2v) is 12.1. The van der Waals surface area contributed by atoms with Crippen LogP contribution in [0.1, 0.15) is 104 Å². The van der Waals surface area contributed by atoms with Crippen LogP contribution in [0, 0.1) is 40.9 Å². The summed E-state index contributed by atoms with van der Waals surface area (Å²) in [4.78, 5) is 0. The van der Waals surface area contributed by atoms with E-state index in [4.69, 9.17) is 5.73 Å². The topological polar surface area (TPSA) is 46.2 Å². The summed E-state index contributed by atoms with van der Waals surface area (Å²) in [6.45, 7) is 5.19. The molecule has 0 heterocycles. The lowest BCUT2D eigenvalue weighted by atomic mass is 9.59. The monoisotopic (exact) mass is 399 g/mol. The number of aliphatic hydroxyl groups excluding tert-OH is 1. The fourth-order valence-corrected chi connectivity index (χ4v) is 9.12. The van der Waals surface area contributed by atoms with Gasteiger partial charge in [0.2, 0.25) is 0 Å². The first-order valence-corrected chi connectivity index (χ1v) is 13.2. The second-order valence-electron chi connectivity index (χ2n) is 12.1. The van der Waals surface area contributed by atoms with Crippen molar-refractivity contribution in [3.8, 4) is 0 Å².